The number of likely N-dealkylation sites (N-methyl/N-ethyl adjacent to an activating group) is 1. The second-order valence-corrected chi connectivity index (χ2v) is 6.85. The van der Waals surface area contributed by atoms with Crippen molar-refractivity contribution in [2.45, 2.75) is 44.9 Å². The molecule has 1 aliphatic rings. The summed E-state index contributed by atoms with van der Waals surface area (Å²) in [7, 11) is 0. The number of carbonyl (C=O) groups excluding carboxylic acids is 1. The van der Waals surface area contributed by atoms with E-state index in [2.05, 4.69) is 17.1 Å². The molecule has 6 nitrogen and oxygen atoms in total. The van der Waals surface area contributed by atoms with Crippen LogP contribution in [0.2, 0.25) is 0 Å². The average Bonchev–Trinajstić information content (AvgIpc) is 3.32. The first-order valence-corrected chi connectivity index (χ1v) is 9.36. The molecule has 140 valence electrons. The molecule has 0 aliphatic carbocycles. The van der Waals surface area contributed by atoms with E-state index < -0.39 is 6.04 Å². The molecular weight excluding hydrogens is 328 g/mol. The minimum Gasteiger partial charge on any atom is -0.376 e. The third-order valence-electron chi connectivity index (χ3n) is 4.78. The molecule has 1 aliphatic heterocycles. The zero-order valence-electron chi connectivity index (χ0n) is 15.4. The van der Waals surface area contributed by atoms with Gasteiger partial charge >= 0.3 is 0 Å². The standard InChI is InChI=1S/C20H28N4O2/c1-2-24(14-18-9-6-10-26-18)20(25)19(21)11-17-13-23(15-22-17)12-16-7-4-3-5-8-16/h3-5,7-8,13,15,18-19H,2,6,9-12,14,21H2,1H3/t18?,19-/m0/s1. The Labute approximate surface area is 155 Å². The molecule has 1 aromatic heterocycles. The van der Waals surface area contributed by atoms with Crippen LogP contribution in [0.25, 0.3) is 0 Å². The third-order valence-corrected chi connectivity index (χ3v) is 4.78. The molecule has 26 heavy (non-hydrogen) atoms. The Morgan fingerprint density at radius 2 is 2.23 bits per heavy atom. The second kappa shape index (κ2) is 8.96. The summed E-state index contributed by atoms with van der Waals surface area (Å²) in [6.07, 6.45) is 6.45. The van der Waals surface area contributed by atoms with Crippen LogP contribution < -0.4 is 5.73 Å². The van der Waals surface area contributed by atoms with Gasteiger partial charge in [0.05, 0.1) is 24.2 Å². The van der Waals surface area contributed by atoms with Crippen LogP contribution in [0.5, 0.6) is 0 Å². The van der Waals surface area contributed by atoms with E-state index in [0.717, 1.165) is 31.7 Å². The van der Waals surface area contributed by atoms with Gasteiger partial charge in [-0.25, -0.2) is 4.98 Å². The minimum absolute atomic E-state index is 0.0272. The number of hydrogen-bond donors (Lipinski definition) is 1. The average molecular weight is 356 g/mol. The monoisotopic (exact) mass is 356 g/mol. The summed E-state index contributed by atoms with van der Waals surface area (Å²) in [5.74, 6) is -0.0272. The van der Waals surface area contributed by atoms with Gasteiger partial charge in [0.2, 0.25) is 5.91 Å². The smallest absolute Gasteiger partial charge is 0.239 e. The van der Waals surface area contributed by atoms with Crippen molar-refractivity contribution in [2.24, 2.45) is 5.73 Å². The Kier molecular flexibility index (Phi) is 6.41. The molecule has 2 heterocycles. The van der Waals surface area contributed by atoms with E-state index in [9.17, 15) is 4.79 Å². The number of rotatable bonds is 8. The Bertz CT molecular complexity index is 695. The number of imidazole rings is 1. The van der Waals surface area contributed by atoms with Gasteiger partial charge in [-0.15, -0.1) is 0 Å². The van der Waals surface area contributed by atoms with Crippen LogP contribution in [-0.2, 0) is 22.5 Å². The lowest BCUT2D eigenvalue weighted by atomic mass is 10.1. The fourth-order valence-electron chi connectivity index (χ4n) is 3.35. The number of benzene rings is 1. The number of amides is 1. The van der Waals surface area contributed by atoms with Crippen LogP contribution >= 0.6 is 0 Å². The van der Waals surface area contributed by atoms with Crippen LogP contribution in [0.15, 0.2) is 42.9 Å². The lowest BCUT2D eigenvalue weighted by molar-refractivity contribution is -0.133. The highest BCUT2D eigenvalue weighted by atomic mass is 16.5. The van der Waals surface area contributed by atoms with E-state index in [4.69, 9.17) is 10.5 Å². The highest BCUT2D eigenvalue weighted by Gasteiger charge is 2.25. The van der Waals surface area contributed by atoms with Crippen LogP contribution in [0.1, 0.15) is 31.0 Å². The van der Waals surface area contributed by atoms with Gasteiger partial charge in [-0.2, -0.15) is 0 Å². The summed E-state index contributed by atoms with van der Waals surface area (Å²) in [6.45, 7) is 4.81. The van der Waals surface area contributed by atoms with Gasteiger partial charge in [-0.1, -0.05) is 30.3 Å². The molecule has 0 saturated carbocycles. The summed E-state index contributed by atoms with van der Waals surface area (Å²) in [5.41, 5.74) is 8.24. The number of ether oxygens (including phenoxy) is 1. The quantitative estimate of drug-likeness (QED) is 0.783. The van der Waals surface area contributed by atoms with Gasteiger partial charge in [-0.3, -0.25) is 4.79 Å². The minimum atomic E-state index is -0.573. The third kappa shape index (κ3) is 4.93. The highest BCUT2D eigenvalue weighted by molar-refractivity contribution is 5.81. The summed E-state index contributed by atoms with van der Waals surface area (Å²) in [5, 5.41) is 0. The van der Waals surface area contributed by atoms with E-state index in [1.807, 2.05) is 40.8 Å². The van der Waals surface area contributed by atoms with E-state index in [0.29, 0.717) is 19.5 Å². The molecule has 1 fully saturated rings. The van der Waals surface area contributed by atoms with Gasteiger partial charge in [0.25, 0.3) is 0 Å². The van der Waals surface area contributed by atoms with Crippen molar-refractivity contribution in [3.05, 3.63) is 54.1 Å². The van der Waals surface area contributed by atoms with E-state index in [-0.39, 0.29) is 12.0 Å². The molecule has 0 radical (unpaired) electrons. The molecule has 0 bridgehead atoms. The molecule has 1 saturated heterocycles. The summed E-state index contributed by atoms with van der Waals surface area (Å²) in [4.78, 5) is 18.9. The lowest BCUT2D eigenvalue weighted by Gasteiger charge is -2.26. The molecule has 2 aromatic rings. The molecule has 3 rings (SSSR count). The molecule has 1 amide bonds. The number of nitrogens with two attached hydrogens (primary N) is 1. The topological polar surface area (TPSA) is 73.4 Å². The van der Waals surface area contributed by atoms with Crippen LogP contribution in [-0.4, -0.2) is 52.2 Å². The zero-order valence-corrected chi connectivity index (χ0v) is 15.4. The predicted molar refractivity (Wildman–Crippen MR) is 101 cm³/mol. The van der Waals surface area contributed by atoms with Crippen molar-refractivity contribution in [1.82, 2.24) is 14.5 Å². The molecule has 6 heteroatoms. The van der Waals surface area contributed by atoms with Crippen LogP contribution in [0.4, 0.5) is 0 Å². The Morgan fingerprint density at radius 1 is 1.42 bits per heavy atom. The molecule has 1 unspecified atom stereocenters. The van der Waals surface area contributed by atoms with Gasteiger partial charge in [0.15, 0.2) is 0 Å². The number of hydrogen-bond acceptors (Lipinski definition) is 4. The van der Waals surface area contributed by atoms with Crippen molar-refractivity contribution in [3.63, 3.8) is 0 Å². The fraction of sp³-hybridized carbons (Fsp3) is 0.500. The van der Waals surface area contributed by atoms with Crippen molar-refractivity contribution < 1.29 is 9.53 Å². The van der Waals surface area contributed by atoms with E-state index >= 15 is 0 Å². The van der Waals surface area contributed by atoms with Gasteiger partial charge in [0, 0.05) is 38.9 Å². The maximum atomic E-state index is 12.7. The zero-order chi connectivity index (χ0) is 18.4. The van der Waals surface area contributed by atoms with Crippen molar-refractivity contribution in [2.75, 3.05) is 19.7 Å². The van der Waals surface area contributed by atoms with Gasteiger partial charge < -0.3 is 19.9 Å². The van der Waals surface area contributed by atoms with Crippen LogP contribution in [0.3, 0.4) is 0 Å². The second-order valence-electron chi connectivity index (χ2n) is 6.85. The molecule has 1 aromatic carbocycles. The SMILES string of the molecule is CCN(CC1CCCO1)C(=O)[C@@H](N)Cc1cn(Cc2ccccc2)cn1. The normalized spacial score (nSPS) is 18.0. The Balaban J connectivity index is 1.54. The number of carbonyl (C=O) groups is 1. The summed E-state index contributed by atoms with van der Waals surface area (Å²) in [6, 6.07) is 9.64. The largest absolute Gasteiger partial charge is 0.376 e. The fourth-order valence-corrected chi connectivity index (χ4v) is 3.35. The summed E-state index contributed by atoms with van der Waals surface area (Å²) < 4.78 is 7.66. The molecule has 0 spiro atoms. The lowest BCUT2D eigenvalue weighted by Crippen LogP contribution is -2.47. The summed E-state index contributed by atoms with van der Waals surface area (Å²) >= 11 is 0. The van der Waals surface area contributed by atoms with Crippen LogP contribution in [0, 0.1) is 0 Å². The first-order valence-electron chi connectivity index (χ1n) is 9.36. The highest BCUT2D eigenvalue weighted by Crippen LogP contribution is 2.14. The van der Waals surface area contributed by atoms with Gasteiger partial charge in [0.1, 0.15) is 0 Å². The van der Waals surface area contributed by atoms with Gasteiger partial charge in [-0.05, 0) is 25.3 Å². The molecule has 2 N–H and O–H groups in total. The first-order chi connectivity index (χ1) is 12.7. The van der Waals surface area contributed by atoms with E-state index in [1.165, 1.54) is 5.56 Å². The Hall–Kier alpha value is -2.18. The maximum Gasteiger partial charge on any atom is 0.239 e. The number of nitrogens with zero attached hydrogens (tertiary/aromatic N) is 3. The molecular formula is C20H28N4O2. The van der Waals surface area contributed by atoms with E-state index in [1.54, 1.807) is 6.33 Å². The predicted octanol–water partition coefficient (Wildman–Crippen LogP) is 1.83. The van der Waals surface area contributed by atoms with Crippen molar-refractivity contribution >= 4 is 5.91 Å². The Morgan fingerprint density at radius 3 is 2.92 bits per heavy atom. The molecule has 2 atom stereocenters. The number of aromatic nitrogens is 2. The van der Waals surface area contributed by atoms with Crippen molar-refractivity contribution in [1.29, 1.82) is 0 Å². The van der Waals surface area contributed by atoms with Crippen molar-refractivity contribution in [3.8, 4) is 0 Å². The maximum absolute atomic E-state index is 12.7. The first kappa shape index (κ1) is 18.6.